The number of rotatable bonds is 7. The van der Waals surface area contributed by atoms with Crippen LogP contribution >= 0.6 is 0 Å². The van der Waals surface area contributed by atoms with Crippen molar-refractivity contribution in [2.75, 3.05) is 19.6 Å². The number of guanidine groups is 1. The predicted molar refractivity (Wildman–Crippen MR) is 106 cm³/mol. The van der Waals surface area contributed by atoms with Crippen LogP contribution in [-0.4, -0.2) is 40.5 Å². The Balaban J connectivity index is 1.90. The number of nitrogens with zero attached hydrogens (tertiary/aromatic N) is 3. The normalized spacial score (nSPS) is 13.5. The molecule has 1 aromatic heterocycles. The Morgan fingerprint density at radius 3 is 2.54 bits per heavy atom. The molecule has 26 heavy (non-hydrogen) atoms. The van der Waals surface area contributed by atoms with Crippen molar-refractivity contribution in [3.8, 4) is 0 Å². The van der Waals surface area contributed by atoms with Crippen molar-refractivity contribution in [2.24, 2.45) is 4.99 Å². The second-order valence-corrected chi connectivity index (χ2v) is 7.30. The van der Waals surface area contributed by atoms with Crippen LogP contribution in [0.1, 0.15) is 44.9 Å². The van der Waals surface area contributed by atoms with Crippen LogP contribution in [0.5, 0.6) is 0 Å². The summed E-state index contributed by atoms with van der Waals surface area (Å²) in [7, 11) is 0. The summed E-state index contributed by atoms with van der Waals surface area (Å²) in [5.41, 5.74) is 2.25. The van der Waals surface area contributed by atoms with Crippen molar-refractivity contribution in [2.45, 2.75) is 45.8 Å². The quantitative estimate of drug-likeness (QED) is 0.526. The van der Waals surface area contributed by atoms with Crippen LogP contribution < -0.4 is 10.6 Å². The molecule has 1 aromatic carbocycles. The molecule has 0 radical (unpaired) electrons. The molecule has 1 heterocycles. The number of aromatic nitrogens is 2. The number of hydrogen-bond donors (Lipinski definition) is 3. The summed E-state index contributed by atoms with van der Waals surface area (Å²) in [5.74, 6) is 0.699. The van der Waals surface area contributed by atoms with Gasteiger partial charge in [0.25, 0.3) is 0 Å². The zero-order valence-corrected chi connectivity index (χ0v) is 16.2. The smallest absolute Gasteiger partial charge is 0.191 e. The van der Waals surface area contributed by atoms with Crippen LogP contribution in [0.4, 0.5) is 0 Å². The van der Waals surface area contributed by atoms with Gasteiger partial charge in [0.15, 0.2) is 5.96 Å². The van der Waals surface area contributed by atoms with Crippen LogP contribution in [0.25, 0.3) is 0 Å². The van der Waals surface area contributed by atoms with Crippen molar-refractivity contribution in [1.29, 1.82) is 0 Å². The lowest BCUT2D eigenvalue weighted by atomic mass is 9.86. The van der Waals surface area contributed by atoms with Gasteiger partial charge >= 0.3 is 0 Å². The first-order valence-electron chi connectivity index (χ1n) is 9.18. The summed E-state index contributed by atoms with van der Waals surface area (Å²) in [4.78, 5) is 4.49. The fraction of sp³-hybridized carbons (Fsp3) is 0.500. The van der Waals surface area contributed by atoms with E-state index in [-0.39, 0.29) is 5.41 Å². The molecule has 0 amide bonds. The van der Waals surface area contributed by atoms with Gasteiger partial charge < -0.3 is 15.7 Å². The summed E-state index contributed by atoms with van der Waals surface area (Å²) >= 11 is 0. The van der Waals surface area contributed by atoms with Crippen LogP contribution in [0.15, 0.2) is 47.7 Å². The lowest BCUT2D eigenvalue weighted by molar-refractivity contribution is 0.187. The van der Waals surface area contributed by atoms with E-state index in [1.165, 1.54) is 5.56 Å². The molecule has 1 atom stereocenters. The van der Waals surface area contributed by atoms with Gasteiger partial charge in [0, 0.05) is 25.5 Å². The van der Waals surface area contributed by atoms with Crippen molar-refractivity contribution in [3.63, 3.8) is 0 Å². The Morgan fingerprint density at radius 2 is 1.96 bits per heavy atom. The van der Waals surface area contributed by atoms with Crippen LogP contribution in [0, 0.1) is 0 Å². The molecule has 0 aliphatic rings. The topological polar surface area (TPSA) is 74.5 Å². The lowest BCUT2D eigenvalue weighted by Gasteiger charge is -2.20. The van der Waals surface area contributed by atoms with Crippen molar-refractivity contribution >= 4 is 5.96 Å². The third-order valence-corrected chi connectivity index (χ3v) is 4.12. The summed E-state index contributed by atoms with van der Waals surface area (Å²) in [6.45, 7) is 11.1. The average Bonchev–Trinajstić information content (AvgIpc) is 3.12. The molecule has 142 valence electrons. The van der Waals surface area contributed by atoms with Gasteiger partial charge in [0.1, 0.15) is 0 Å². The Bertz CT molecular complexity index is 671. The molecule has 0 fully saturated rings. The number of aliphatic hydroxyl groups is 1. The largest absolute Gasteiger partial charge is 0.386 e. The van der Waals surface area contributed by atoms with Crippen molar-refractivity contribution < 1.29 is 5.11 Å². The minimum absolute atomic E-state index is 0.109. The zero-order valence-electron chi connectivity index (χ0n) is 16.2. The molecule has 0 aliphatic heterocycles. The first kappa shape index (κ1) is 20.0. The Hall–Kier alpha value is -2.34. The van der Waals surface area contributed by atoms with Crippen molar-refractivity contribution in [1.82, 2.24) is 20.4 Å². The highest BCUT2D eigenvalue weighted by Crippen LogP contribution is 2.24. The molecule has 0 bridgehead atoms. The first-order valence-corrected chi connectivity index (χ1v) is 9.18. The van der Waals surface area contributed by atoms with Gasteiger partial charge in [-0.2, -0.15) is 5.10 Å². The molecule has 2 aromatic rings. The molecule has 3 N–H and O–H groups in total. The van der Waals surface area contributed by atoms with E-state index in [9.17, 15) is 5.11 Å². The van der Waals surface area contributed by atoms with Crippen LogP contribution in [-0.2, 0) is 12.0 Å². The SMILES string of the molecule is CCNC(=NCC(O)c1ccc(C(C)(C)C)cc1)NCCn1cccn1. The third-order valence-electron chi connectivity index (χ3n) is 4.12. The standard InChI is InChI=1S/C20H31N5O/c1-5-21-19(22-12-14-25-13-6-11-24-25)23-15-18(26)16-7-9-17(10-8-16)20(2,3)4/h6-11,13,18,26H,5,12,14-15H2,1-4H3,(H2,21,22,23). The second-order valence-electron chi connectivity index (χ2n) is 7.30. The minimum atomic E-state index is -0.620. The summed E-state index contributed by atoms with van der Waals surface area (Å²) in [5, 5.41) is 21.1. The maximum Gasteiger partial charge on any atom is 0.191 e. The molecule has 0 saturated carbocycles. The second kappa shape index (κ2) is 9.38. The maximum absolute atomic E-state index is 10.4. The molecular weight excluding hydrogens is 326 g/mol. The summed E-state index contributed by atoms with van der Waals surface area (Å²) in [6, 6.07) is 10.0. The Morgan fingerprint density at radius 1 is 1.23 bits per heavy atom. The first-order chi connectivity index (χ1) is 12.4. The van der Waals surface area contributed by atoms with Crippen LogP contribution in [0.2, 0.25) is 0 Å². The predicted octanol–water partition coefficient (Wildman–Crippen LogP) is 2.47. The average molecular weight is 358 g/mol. The van der Waals surface area contributed by atoms with E-state index in [2.05, 4.69) is 53.6 Å². The van der Waals surface area contributed by atoms with Crippen molar-refractivity contribution in [3.05, 3.63) is 53.9 Å². The highest BCUT2D eigenvalue weighted by atomic mass is 16.3. The van der Waals surface area contributed by atoms with E-state index < -0.39 is 6.10 Å². The Kier molecular flexibility index (Phi) is 7.21. The van der Waals surface area contributed by atoms with Gasteiger partial charge in [0.05, 0.1) is 19.2 Å². The van der Waals surface area contributed by atoms with E-state index in [0.717, 1.165) is 18.7 Å². The lowest BCUT2D eigenvalue weighted by Crippen LogP contribution is -2.39. The molecule has 1 unspecified atom stereocenters. The third kappa shape index (κ3) is 6.19. The molecule has 0 spiro atoms. The maximum atomic E-state index is 10.4. The molecule has 6 heteroatoms. The van der Waals surface area contributed by atoms with Gasteiger partial charge in [-0.05, 0) is 29.5 Å². The highest BCUT2D eigenvalue weighted by molar-refractivity contribution is 5.79. The number of aliphatic imine (C=N–C) groups is 1. The fourth-order valence-electron chi connectivity index (χ4n) is 2.55. The Labute approximate surface area is 156 Å². The molecule has 0 aliphatic carbocycles. The number of aliphatic hydroxyl groups excluding tert-OH is 1. The van der Waals surface area contributed by atoms with Crippen LogP contribution in [0.3, 0.4) is 0 Å². The van der Waals surface area contributed by atoms with Gasteiger partial charge in [-0.25, -0.2) is 0 Å². The molecule has 0 saturated heterocycles. The number of nitrogens with one attached hydrogen (secondary N) is 2. The monoisotopic (exact) mass is 357 g/mol. The van der Waals surface area contributed by atoms with E-state index in [1.807, 2.05) is 36.0 Å². The van der Waals surface area contributed by atoms with E-state index in [1.54, 1.807) is 6.20 Å². The highest BCUT2D eigenvalue weighted by Gasteiger charge is 2.14. The number of benzene rings is 1. The van der Waals surface area contributed by atoms with E-state index >= 15 is 0 Å². The van der Waals surface area contributed by atoms with E-state index in [4.69, 9.17) is 0 Å². The van der Waals surface area contributed by atoms with E-state index in [0.29, 0.717) is 19.0 Å². The minimum Gasteiger partial charge on any atom is -0.386 e. The zero-order chi connectivity index (χ0) is 19.0. The van der Waals surface area contributed by atoms with Gasteiger partial charge in [-0.1, -0.05) is 45.0 Å². The fourth-order valence-corrected chi connectivity index (χ4v) is 2.55. The molecule has 6 nitrogen and oxygen atoms in total. The van der Waals surface area contributed by atoms with Gasteiger partial charge in [-0.3, -0.25) is 9.67 Å². The van der Waals surface area contributed by atoms with Gasteiger partial charge in [0.2, 0.25) is 0 Å². The number of hydrogen-bond acceptors (Lipinski definition) is 3. The summed E-state index contributed by atoms with van der Waals surface area (Å²) < 4.78 is 1.86. The van der Waals surface area contributed by atoms with Gasteiger partial charge in [-0.15, -0.1) is 0 Å². The molecular formula is C20H31N5O. The molecule has 2 rings (SSSR count). The summed E-state index contributed by atoms with van der Waals surface area (Å²) in [6.07, 6.45) is 3.07.